The van der Waals surface area contributed by atoms with Crippen LogP contribution in [0.15, 0.2) is 84.9 Å². The summed E-state index contributed by atoms with van der Waals surface area (Å²) in [6, 6.07) is 32.5. The van der Waals surface area contributed by atoms with Gasteiger partial charge in [0.05, 0.1) is 0 Å². The van der Waals surface area contributed by atoms with Gasteiger partial charge in [-0.3, -0.25) is 0 Å². The Kier molecular flexibility index (Phi) is 4.54. The van der Waals surface area contributed by atoms with E-state index in [0.717, 1.165) is 0 Å². The second kappa shape index (κ2) is 7.74. The Balaban J connectivity index is 1.34. The van der Waals surface area contributed by atoms with E-state index in [-0.39, 0.29) is 0 Å². The molecular weight excluding hydrogens is 513 g/mol. The van der Waals surface area contributed by atoms with Crippen LogP contribution in [0.2, 0.25) is 0 Å². The van der Waals surface area contributed by atoms with Crippen LogP contribution in [0, 0.1) is 13.8 Å². The Labute approximate surface area is 224 Å². The van der Waals surface area contributed by atoms with Gasteiger partial charge >= 0.3 is 0 Å². The van der Waals surface area contributed by atoms with Gasteiger partial charge in [0, 0.05) is 38.7 Å². The summed E-state index contributed by atoms with van der Waals surface area (Å²) in [5, 5.41) is 10.7. The van der Waals surface area contributed by atoms with E-state index in [0.29, 0.717) is 0 Å². The van der Waals surface area contributed by atoms with Crippen molar-refractivity contribution in [2.24, 2.45) is 0 Å². The lowest BCUT2D eigenvalue weighted by Crippen LogP contribution is -1.81. The molecule has 4 heterocycles. The number of benzene rings is 4. The van der Waals surface area contributed by atoms with E-state index in [2.05, 4.69) is 98.8 Å². The van der Waals surface area contributed by atoms with Gasteiger partial charge in [-0.05, 0) is 118 Å². The van der Waals surface area contributed by atoms with Crippen molar-refractivity contribution in [3.63, 3.8) is 0 Å². The number of fused-ring (bicyclic) bond motifs is 7. The van der Waals surface area contributed by atoms with Crippen LogP contribution in [0.3, 0.4) is 0 Å². The molecule has 0 amide bonds. The van der Waals surface area contributed by atoms with Crippen LogP contribution in [0.5, 0.6) is 0 Å². The Bertz CT molecular complexity index is 1970. The highest BCUT2D eigenvalue weighted by atomic mass is 32.1. The first kappa shape index (κ1) is 21.1. The van der Waals surface area contributed by atoms with Gasteiger partial charge in [0.2, 0.25) is 0 Å². The SMILES string of the molecule is Cc1ccc(-c2cc3cc4ccc5c6cc7sc(-c8ccc(C)s8)cc7cc6ccc5c4cc3s2)s1. The standard InChI is InChI=1S/C32H20S4/c1-17-3-9-27(33-17)31-13-21-11-19-5-7-24-23(25(19)15-29(21)35-31)8-6-20-12-22-14-32(28-10-4-18(2)34-28)36-30(22)16-26(20)24/h3-16H,1-2H3. The molecule has 0 atom stereocenters. The van der Waals surface area contributed by atoms with Gasteiger partial charge in [0.1, 0.15) is 0 Å². The average Bonchev–Trinajstić information content (AvgIpc) is 3.66. The maximum Gasteiger partial charge on any atom is 0.0455 e. The maximum absolute atomic E-state index is 2.41. The molecule has 8 aromatic rings. The van der Waals surface area contributed by atoms with E-state index in [9.17, 15) is 0 Å². The highest BCUT2D eigenvalue weighted by molar-refractivity contribution is 7.26. The molecule has 0 unspecified atom stereocenters. The first-order chi connectivity index (χ1) is 17.6. The van der Waals surface area contributed by atoms with Crippen LogP contribution in [0.25, 0.3) is 72.0 Å². The number of rotatable bonds is 2. The first-order valence-corrected chi connectivity index (χ1v) is 15.3. The molecule has 0 aliphatic carbocycles. The zero-order valence-electron chi connectivity index (χ0n) is 19.7. The lowest BCUT2D eigenvalue weighted by molar-refractivity contribution is 1.64. The summed E-state index contributed by atoms with van der Waals surface area (Å²) in [4.78, 5) is 8.19. The summed E-state index contributed by atoms with van der Waals surface area (Å²) < 4.78 is 2.72. The van der Waals surface area contributed by atoms with E-state index < -0.39 is 0 Å². The molecule has 172 valence electrons. The monoisotopic (exact) mass is 532 g/mol. The molecule has 36 heavy (non-hydrogen) atoms. The predicted octanol–water partition coefficient (Wildman–Crippen LogP) is 11.6. The van der Waals surface area contributed by atoms with E-state index in [4.69, 9.17) is 0 Å². The van der Waals surface area contributed by atoms with Crippen LogP contribution in [-0.2, 0) is 0 Å². The van der Waals surface area contributed by atoms with Gasteiger partial charge < -0.3 is 0 Å². The van der Waals surface area contributed by atoms with E-state index >= 15 is 0 Å². The molecular formula is C32H20S4. The van der Waals surface area contributed by atoms with Crippen molar-refractivity contribution in [2.75, 3.05) is 0 Å². The molecule has 0 aliphatic rings. The smallest absolute Gasteiger partial charge is 0.0455 e. The van der Waals surface area contributed by atoms with Gasteiger partial charge in [-0.2, -0.15) is 0 Å². The highest BCUT2D eigenvalue weighted by Crippen LogP contribution is 2.43. The maximum atomic E-state index is 2.41. The second-order valence-corrected chi connectivity index (χ2v) is 14.2. The van der Waals surface area contributed by atoms with Crippen LogP contribution in [0.4, 0.5) is 0 Å². The Hall–Kier alpha value is -3.02. The van der Waals surface area contributed by atoms with Crippen LogP contribution in [-0.4, -0.2) is 0 Å². The van der Waals surface area contributed by atoms with Gasteiger partial charge in [-0.25, -0.2) is 0 Å². The summed E-state index contributed by atoms with van der Waals surface area (Å²) in [7, 11) is 0. The predicted molar refractivity (Wildman–Crippen MR) is 166 cm³/mol. The zero-order chi connectivity index (χ0) is 24.0. The molecule has 0 saturated carbocycles. The fourth-order valence-electron chi connectivity index (χ4n) is 5.32. The van der Waals surface area contributed by atoms with Gasteiger partial charge in [-0.15, -0.1) is 45.3 Å². The van der Waals surface area contributed by atoms with E-state index in [1.165, 1.54) is 81.8 Å². The molecule has 0 spiro atoms. The van der Waals surface area contributed by atoms with Crippen molar-refractivity contribution < 1.29 is 0 Å². The van der Waals surface area contributed by atoms with Crippen molar-refractivity contribution in [2.45, 2.75) is 13.8 Å². The Morgan fingerprint density at radius 2 is 0.833 bits per heavy atom. The fourth-order valence-corrected chi connectivity index (χ4v) is 9.39. The Morgan fingerprint density at radius 3 is 1.25 bits per heavy atom. The van der Waals surface area contributed by atoms with Crippen molar-refractivity contribution in [3.8, 4) is 19.5 Å². The number of aryl methyl sites for hydroxylation is 2. The van der Waals surface area contributed by atoms with Gasteiger partial charge in [0.15, 0.2) is 0 Å². The molecule has 0 N–H and O–H groups in total. The van der Waals surface area contributed by atoms with Crippen LogP contribution in [0.1, 0.15) is 9.75 Å². The number of hydrogen-bond donors (Lipinski definition) is 0. The average molecular weight is 533 g/mol. The topological polar surface area (TPSA) is 0 Å². The third kappa shape index (κ3) is 3.22. The summed E-state index contributed by atoms with van der Waals surface area (Å²) in [5.74, 6) is 0. The first-order valence-electron chi connectivity index (χ1n) is 12.0. The molecule has 4 heteroatoms. The van der Waals surface area contributed by atoms with Gasteiger partial charge in [0.25, 0.3) is 0 Å². The molecule has 0 aliphatic heterocycles. The van der Waals surface area contributed by atoms with Crippen molar-refractivity contribution in [1.82, 2.24) is 0 Å². The minimum Gasteiger partial charge on any atom is -0.140 e. The molecule has 4 aromatic heterocycles. The summed E-state index contributed by atoms with van der Waals surface area (Å²) in [6.45, 7) is 4.36. The summed E-state index contributed by atoms with van der Waals surface area (Å²) in [5.41, 5.74) is 0. The second-order valence-electron chi connectivity index (χ2n) is 9.49. The third-order valence-electron chi connectivity index (χ3n) is 7.07. The molecule has 0 nitrogen and oxygen atoms in total. The molecule has 4 aromatic carbocycles. The molecule has 0 saturated heterocycles. The Morgan fingerprint density at radius 1 is 0.361 bits per heavy atom. The third-order valence-corrected chi connectivity index (χ3v) is 11.7. The normalized spacial score (nSPS) is 12.2. The van der Waals surface area contributed by atoms with Gasteiger partial charge in [-0.1, -0.05) is 24.3 Å². The lowest BCUT2D eigenvalue weighted by Gasteiger charge is -2.08. The van der Waals surface area contributed by atoms with E-state index in [1.807, 2.05) is 45.3 Å². The van der Waals surface area contributed by atoms with Crippen molar-refractivity contribution >= 4 is 97.8 Å². The number of thiophene rings is 4. The molecule has 8 rings (SSSR count). The fraction of sp³-hybridized carbons (Fsp3) is 0.0625. The van der Waals surface area contributed by atoms with Crippen molar-refractivity contribution in [3.05, 3.63) is 94.7 Å². The molecule has 0 bridgehead atoms. The molecule has 0 fully saturated rings. The largest absolute Gasteiger partial charge is 0.140 e. The minimum atomic E-state index is 1.31. The van der Waals surface area contributed by atoms with Crippen molar-refractivity contribution in [1.29, 1.82) is 0 Å². The number of hydrogen-bond acceptors (Lipinski definition) is 4. The zero-order valence-corrected chi connectivity index (χ0v) is 23.0. The molecule has 0 radical (unpaired) electrons. The minimum absolute atomic E-state index is 1.31. The summed E-state index contributed by atoms with van der Waals surface area (Å²) >= 11 is 7.57. The highest BCUT2D eigenvalue weighted by Gasteiger charge is 2.12. The van der Waals surface area contributed by atoms with Crippen LogP contribution >= 0.6 is 45.3 Å². The lowest BCUT2D eigenvalue weighted by atomic mass is 9.96. The summed E-state index contributed by atoms with van der Waals surface area (Å²) in [6.07, 6.45) is 0. The quantitative estimate of drug-likeness (QED) is 0.194. The van der Waals surface area contributed by atoms with E-state index in [1.54, 1.807) is 0 Å². The van der Waals surface area contributed by atoms with Crippen LogP contribution < -0.4 is 0 Å².